The van der Waals surface area contributed by atoms with Crippen LogP contribution in [0.1, 0.15) is 29.8 Å². The lowest BCUT2D eigenvalue weighted by Gasteiger charge is -2.11. The summed E-state index contributed by atoms with van der Waals surface area (Å²) in [7, 11) is 1.83. The molecule has 0 radical (unpaired) electrons. The Hall–Kier alpha value is -1.88. The van der Waals surface area contributed by atoms with Gasteiger partial charge in [0.2, 0.25) is 0 Å². The van der Waals surface area contributed by atoms with Crippen molar-refractivity contribution in [2.45, 2.75) is 26.5 Å². The van der Waals surface area contributed by atoms with Crippen molar-refractivity contribution < 1.29 is 4.74 Å². The molecule has 0 saturated carbocycles. The van der Waals surface area contributed by atoms with E-state index < -0.39 is 0 Å². The molecule has 0 saturated heterocycles. The second-order valence-corrected chi connectivity index (χ2v) is 4.49. The maximum atomic E-state index is 5.84. The molecule has 18 heavy (non-hydrogen) atoms. The second kappa shape index (κ2) is 5.18. The maximum Gasteiger partial charge on any atom is 0.134 e. The van der Waals surface area contributed by atoms with Gasteiger partial charge in [-0.25, -0.2) is 0 Å². The van der Waals surface area contributed by atoms with Gasteiger partial charge in [-0.15, -0.1) is 5.10 Å². The highest BCUT2D eigenvalue weighted by atomic mass is 16.5. The zero-order chi connectivity index (χ0) is 13.1. The minimum absolute atomic E-state index is 0.0396. The summed E-state index contributed by atoms with van der Waals surface area (Å²) in [5.74, 6) is 0.852. The Balaban J connectivity index is 2.05. The number of ether oxygens (including phenoxy) is 1. The van der Waals surface area contributed by atoms with E-state index in [0.717, 1.165) is 22.6 Å². The average Bonchev–Trinajstić information content (AvgIpc) is 2.73. The summed E-state index contributed by atoms with van der Waals surface area (Å²) in [6.45, 7) is 4.40. The fraction of sp³-hybridized carbons (Fsp3) is 0.385. The lowest BCUT2D eigenvalue weighted by atomic mass is 10.1. The van der Waals surface area contributed by atoms with Crippen molar-refractivity contribution in [2.24, 2.45) is 12.8 Å². The number of hydrogen-bond donors (Lipinski definition) is 1. The Kier molecular flexibility index (Phi) is 3.62. The van der Waals surface area contributed by atoms with Crippen LogP contribution in [0.2, 0.25) is 0 Å². The third-order valence-electron chi connectivity index (χ3n) is 2.75. The van der Waals surface area contributed by atoms with E-state index in [9.17, 15) is 0 Å². The van der Waals surface area contributed by atoms with E-state index in [1.165, 1.54) is 0 Å². The van der Waals surface area contributed by atoms with E-state index in [4.69, 9.17) is 10.5 Å². The van der Waals surface area contributed by atoms with Gasteiger partial charge in [0.15, 0.2) is 0 Å². The van der Waals surface area contributed by atoms with Crippen LogP contribution in [0.3, 0.4) is 0 Å². The normalized spacial score (nSPS) is 12.4. The summed E-state index contributed by atoms with van der Waals surface area (Å²) < 4.78 is 7.37. The summed E-state index contributed by atoms with van der Waals surface area (Å²) in [6.07, 6.45) is 1.84. The van der Waals surface area contributed by atoms with Gasteiger partial charge in [-0.1, -0.05) is 17.3 Å². The summed E-state index contributed by atoms with van der Waals surface area (Å²) in [5.41, 5.74) is 8.84. The Labute approximate surface area is 107 Å². The molecule has 96 valence electrons. The molecule has 0 fully saturated rings. The molecule has 1 atom stereocenters. The van der Waals surface area contributed by atoms with Crippen molar-refractivity contribution in [2.75, 3.05) is 0 Å². The SMILES string of the molecule is Cc1cc([C@@H](C)N)ccc1OCc1cn(C)nn1. The number of nitrogens with zero attached hydrogens (tertiary/aromatic N) is 3. The highest BCUT2D eigenvalue weighted by molar-refractivity contribution is 5.37. The topological polar surface area (TPSA) is 66.0 Å². The number of rotatable bonds is 4. The number of hydrogen-bond acceptors (Lipinski definition) is 4. The van der Waals surface area contributed by atoms with E-state index in [0.29, 0.717) is 6.61 Å². The molecule has 0 aliphatic heterocycles. The molecule has 5 nitrogen and oxygen atoms in total. The average molecular weight is 246 g/mol. The molecule has 1 aromatic heterocycles. The molecule has 0 aliphatic carbocycles. The molecular formula is C13H18N4O. The van der Waals surface area contributed by atoms with Crippen molar-refractivity contribution >= 4 is 0 Å². The molecule has 0 bridgehead atoms. The largest absolute Gasteiger partial charge is 0.487 e. The third-order valence-corrected chi connectivity index (χ3v) is 2.75. The van der Waals surface area contributed by atoms with Crippen LogP contribution in [-0.2, 0) is 13.7 Å². The molecule has 1 aromatic carbocycles. The van der Waals surface area contributed by atoms with Gasteiger partial charge in [-0.2, -0.15) is 0 Å². The lowest BCUT2D eigenvalue weighted by Crippen LogP contribution is -2.05. The minimum Gasteiger partial charge on any atom is -0.487 e. The number of benzene rings is 1. The van der Waals surface area contributed by atoms with Gasteiger partial charge in [-0.3, -0.25) is 4.68 Å². The third kappa shape index (κ3) is 2.87. The summed E-state index contributed by atoms with van der Waals surface area (Å²) in [5, 5.41) is 7.83. The lowest BCUT2D eigenvalue weighted by molar-refractivity contribution is 0.299. The number of nitrogens with two attached hydrogens (primary N) is 1. The van der Waals surface area contributed by atoms with Crippen molar-refractivity contribution in [3.8, 4) is 5.75 Å². The van der Waals surface area contributed by atoms with E-state index in [1.54, 1.807) is 4.68 Å². The zero-order valence-electron chi connectivity index (χ0n) is 10.9. The van der Waals surface area contributed by atoms with Crippen LogP contribution < -0.4 is 10.5 Å². The first-order valence-electron chi connectivity index (χ1n) is 5.90. The van der Waals surface area contributed by atoms with Gasteiger partial charge in [0.1, 0.15) is 18.1 Å². The zero-order valence-corrected chi connectivity index (χ0v) is 10.9. The first-order valence-corrected chi connectivity index (χ1v) is 5.90. The molecular weight excluding hydrogens is 228 g/mol. The summed E-state index contributed by atoms with van der Waals surface area (Å²) in [4.78, 5) is 0. The van der Waals surface area contributed by atoms with Crippen LogP contribution in [-0.4, -0.2) is 15.0 Å². The van der Waals surface area contributed by atoms with E-state index in [-0.39, 0.29) is 6.04 Å². The van der Waals surface area contributed by atoms with Crippen LogP contribution in [0.5, 0.6) is 5.75 Å². The Bertz CT molecular complexity index is 534. The molecule has 0 spiro atoms. The smallest absolute Gasteiger partial charge is 0.134 e. The van der Waals surface area contributed by atoms with Crippen molar-refractivity contribution in [1.29, 1.82) is 0 Å². The van der Waals surface area contributed by atoms with Crippen molar-refractivity contribution in [3.63, 3.8) is 0 Å². The van der Waals surface area contributed by atoms with Gasteiger partial charge >= 0.3 is 0 Å². The molecule has 2 aromatic rings. The highest BCUT2D eigenvalue weighted by Crippen LogP contribution is 2.22. The van der Waals surface area contributed by atoms with Crippen LogP contribution in [0.4, 0.5) is 0 Å². The van der Waals surface area contributed by atoms with Crippen molar-refractivity contribution in [1.82, 2.24) is 15.0 Å². The van der Waals surface area contributed by atoms with Gasteiger partial charge in [0, 0.05) is 13.1 Å². The van der Waals surface area contributed by atoms with E-state index in [2.05, 4.69) is 16.4 Å². The van der Waals surface area contributed by atoms with Crippen LogP contribution in [0.15, 0.2) is 24.4 Å². The molecule has 0 unspecified atom stereocenters. The molecule has 2 N–H and O–H groups in total. The van der Waals surface area contributed by atoms with Gasteiger partial charge < -0.3 is 10.5 Å². The summed E-state index contributed by atoms with van der Waals surface area (Å²) in [6, 6.07) is 6.03. The quantitative estimate of drug-likeness (QED) is 0.892. The molecule has 1 heterocycles. The summed E-state index contributed by atoms with van der Waals surface area (Å²) >= 11 is 0. The first-order chi connectivity index (χ1) is 8.56. The maximum absolute atomic E-state index is 5.84. The van der Waals surface area contributed by atoms with Crippen LogP contribution in [0, 0.1) is 6.92 Å². The van der Waals surface area contributed by atoms with E-state index in [1.807, 2.05) is 39.2 Å². The monoisotopic (exact) mass is 246 g/mol. The fourth-order valence-electron chi connectivity index (χ4n) is 1.73. The van der Waals surface area contributed by atoms with Crippen LogP contribution >= 0.6 is 0 Å². The molecule has 2 rings (SSSR count). The van der Waals surface area contributed by atoms with Crippen LogP contribution in [0.25, 0.3) is 0 Å². The van der Waals surface area contributed by atoms with Crippen molar-refractivity contribution in [3.05, 3.63) is 41.2 Å². The van der Waals surface area contributed by atoms with E-state index >= 15 is 0 Å². The van der Waals surface area contributed by atoms with Gasteiger partial charge in [-0.05, 0) is 31.0 Å². The van der Waals surface area contributed by atoms with Gasteiger partial charge in [0.05, 0.1) is 6.20 Å². The first kappa shape index (κ1) is 12.6. The highest BCUT2D eigenvalue weighted by Gasteiger charge is 2.05. The predicted octanol–water partition coefficient (Wildman–Crippen LogP) is 1.72. The molecule has 0 aliphatic rings. The second-order valence-electron chi connectivity index (χ2n) is 4.49. The molecule has 0 amide bonds. The molecule has 5 heteroatoms. The Morgan fingerprint density at radius 1 is 1.44 bits per heavy atom. The Morgan fingerprint density at radius 3 is 2.78 bits per heavy atom. The standard InChI is InChI=1S/C13H18N4O/c1-9-6-11(10(2)14)4-5-13(9)18-8-12-7-17(3)16-15-12/h4-7,10H,8,14H2,1-3H3/t10-/m1/s1. The Morgan fingerprint density at radius 2 is 2.22 bits per heavy atom. The predicted molar refractivity (Wildman–Crippen MR) is 69.1 cm³/mol. The number of aromatic nitrogens is 3. The number of aryl methyl sites for hydroxylation is 2. The fourth-order valence-corrected chi connectivity index (χ4v) is 1.73. The van der Waals surface area contributed by atoms with Gasteiger partial charge in [0.25, 0.3) is 0 Å². The minimum atomic E-state index is 0.0396.